The number of benzene rings is 1. The van der Waals surface area contributed by atoms with Gasteiger partial charge in [0.2, 0.25) is 0 Å². The molecule has 0 aliphatic rings. The van der Waals surface area contributed by atoms with Crippen LogP contribution in [0.4, 0.5) is 0 Å². The summed E-state index contributed by atoms with van der Waals surface area (Å²) in [5.74, 6) is 0.360. The first-order chi connectivity index (χ1) is 11.9. The van der Waals surface area contributed by atoms with E-state index in [1.165, 1.54) is 6.20 Å². The summed E-state index contributed by atoms with van der Waals surface area (Å²) in [6, 6.07) is 7.47. The van der Waals surface area contributed by atoms with Crippen LogP contribution in [0.1, 0.15) is 42.9 Å². The fraction of sp³-hybridized carbons (Fsp3) is 0.368. The van der Waals surface area contributed by atoms with Gasteiger partial charge < -0.3 is 14.8 Å². The number of aromatic nitrogens is 2. The van der Waals surface area contributed by atoms with E-state index in [9.17, 15) is 9.90 Å². The molecule has 2 heterocycles. The third kappa shape index (κ3) is 3.30. The topological polar surface area (TPSA) is 80.3 Å². The van der Waals surface area contributed by atoms with E-state index in [0.717, 1.165) is 22.3 Å². The molecule has 6 heteroatoms. The lowest BCUT2D eigenvalue weighted by Crippen LogP contribution is -2.35. The third-order valence-electron chi connectivity index (χ3n) is 4.42. The van der Waals surface area contributed by atoms with Gasteiger partial charge in [-0.15, -0.1) is 0 Å². The summed E-state index contributed by atoms with van der Waals surface area (Å²) in [4.78, 5) is 12.5. The first-order valence-electron chi connectivity index (χ1n) is 8.33. The largest absolute Gasteiger partial charge is 0.459 e. The van der Waals surface area contributed by atoms with E-state index in [0.29, 0.717) is 5.56 Å². The molecule has 0 spiro atoms. The van der Waals surface area contributed by atoms with E-state index in [2.05, 4.69) is 10.4 Å². The van der Waals surface area contributed by atoms with Crippen LogP contribution in [0.25, 0.3) is 11.0 Å². The van der Waals surface area contributed by atoms with Crippen molar-refractivity contribution >= 4 is 16.9 Å². The molecule has 2 N–H and O–H groups in total. The molecule has 0 saturated heterocycles. The molecule has 0 bridgehead atoms. The highest BCUT2D eigenvalue weighted by Crippen LogP contribution is 2.33. The molecule has 1 aromatic carbocycles. The second-order valence-corrected chi connectivity index (χ2v) is 6.67. The number of hydrogen-bond acceptors (Lipinski definition) is 4. The maximum Gasteiger partial charge on any atom is 0.254 e. The zero-order valence-electron chi connectivity index (χ0n) is 14.9. The van der Waals surface area contributed by atoms with Crippen molar-refractivity contribution in [1.29, 1.82) is 0 Å². The number of fused-ring (bicyclic) bond motifs is 1. The highest BCUT2D eigenvalue weighted by Gasteiger charge is 2.28. The number of rotatable bonds is 5. The van der Waals surface area contributed by atoms with Gasteiger partial charge in [-0.1, -0.05) is 32.0 Å². The Kier molecular flexibility index (Phi) is 4.63. The standard InChI is InChI=1S/C19H23N3O3/c1-11(2)16(18-12(3)14-7-5-6-8-15(14)25-18)21-19(24)17(23)13-9-20-22(4)10-13/h5-11,16-17,23H,1-4H3,(H,21,24)/t16-,17+/m1/s1. The number of nitrogens with zero attached hydrogens (tertiary/aromatic N) is 2. The summed E-state index contributed by atoms with van der Waals surface area (Å²) in [6.07, 6.45) is 1.85. The molecule has 25 heavy (non-hydrogen) atoms. The van der Waals surface area contributed by atoms with Gasteiger partial charge in [-0.3, -0.25) is 9.48 Å². The monoisotopic (exact) mass is 341 g/mol. The number of aliphatic hydroxyl groups excluding tert-OH is 1. The molecule has 0 radical (unpaired) electrons. The summed E-state index contributed by atoms with van der Waals surface area (Å²) < 4.78 is 7.55. The fourth-order valence-corrected chi connectivity index (χ4v) is 2.99. The Balaban J connectivity index is 1.88. The molecule has 3 aromatic rings. The highest BCUT2D eigenvalue weighted by molar-refractivity contribution is 5.84. The van der Waals surface area contributed by atoms with Crippen LogP contribution in [0.5, 0.6) is 0 Å². The van der Waals surface area contributed by atoms with Crippen LogP contribution >= 0.6 is 0 Å². The number of amides is 1. The zero-order valence-corrected chi connectivity index (χ0v) is 14.9. The Bertz CT molecular complexity index is 894. The van der Waals surface area contributed by atoms with Gasteiger partial charge in [0.15, 0.2) is 6.10 Å². The maximum absolute atomic E-state index is 12.5. The molecule has 2 atom stereocenters. The van der Waals surface area contributed by atoms with E-state index < -0.39 is 12.0 Å². The minimum absolute atomic E-state index is 0.101. The summed E-state index contributed by atoms with van der Waals surface area (Å²) in [5.41, 5.74) is 2.26. The SMILES string of the molecule is Cc1c([C@H](NC(=O)[C@@H](O)c2cnn(C)c2)C(C)C)oc2ccccc12. The van der Waals surface area contributed by atoms with Gasteiger partial charge in [-0.25, -0.2) is 0 Å². The Morgan fingerprint density at radius 3 is 2.64 bits per heavy atom. The first kappa shape index (κ1) is 17.2. The van der Waals surface area contributed by atoms with Crippen LogP contribution in [0.15, 0.2) is 41.1 Å². The Morgan fingerprint density at radius 1 is 1.32 bits per heavy atom. The number of carbonyl (C=O) groups is 1. The van der Waals surface area contributed by atoms with Crippen molar-refractivity contribution in [3.8, 4) is 0 Å². The highest BCUT2D eigenvalue weighted by atomic mass is 16.3. The second kappa shape index (κ2) is 6.72. The van der Waals surface area contributed by atoms with E-state index in [4.69, 9.17) is 4.42 Å². The van der Waals surface area contributed by atoms with Gasteiger partial charge in [-0.05, 0) is 18.9 Å². The Morgan fingerprint density at radius 2 is 2.04 bits per heavy atom. The van der Waals surface area contributed by atoms with Crippen molar-refractivity contribution in [3.05, 3.63) is 53.5 Å². The quantitative estimate of drug-likeness (QED) is 0.747. The van der Waals surface area contributed by atoms with Crippen molar-refractivity contribution in [1.82, 2.24) is 15.1 Å². The van der Waals surface area contributed by atoms with Crippen LogP contribution in [0.2, 0.25) is 0 Å². The molecular formula is C19H23N3O3. The lowest BCUT2D eigenvalue weighted by Gasteiger charge is -2.22. The lowest BCUT2D eigenvalue weighted by molar-refractivity contribution is -0.130. The van der Waals surface area contributed by atoms with Crippen molar-refractivity contribution in [2.45, 2.75) is 32.9 Å². The van der Waals surface area contributed by atoms with Crippen LogP contribution in [-0.2, 0) is 11.8 Å². The van der Waals surface area contributed by atoms with Crippen molar-refractivity contribution in [2.75, 3.05) is 0 Å². The lowest BCUT2D eigenvalue weighted by atomic mass is 9.97. The fourth-order valence-electron chi connectivity index (χ4n) is 2.99. The third-order valence-corrected chi connectivity index (χ3v) is 4.42. The second-order valence-electron chi connectivity index (χ2n) is 6.67. The van der Waals surface area contributed by atoms with Crippen LogP contribution < -0.4 is 5.32 Å². The van der Waals surface area contributed by atoms with E-state index in [1.807, 2.05) is 45.0 Å². The molecular weight excluding hydrogens is 318 g/mol. The number of carbonyl (C=O) groups excluding carboxylic acids is 1. The Labute approximate surface area is 146 Å². The van der Waals surface area contributed by atoms with E-state index in [-0.39, 0.29) is 12.0 Å². The van der Waals surface area contributed by atoms with Crippen LogP contribution in [-0.4, -0.2) is 20.8 Å². The van der Waals surface area contributed by atoms with Crippen LogP contribution in [0, 0.1) is 12.8 Å². The normalized spacial score (nSPS) is 14.0. The van der Waals surface area contributed by atoms with Gasteiger partial charge in [0.25, 0.3) is 5.91 Å². The number of nitrogens with one attached hydrogen (secondary N) is 1. The molecule has 0 saturated carbocycles. The Hall–Kier alpha value is -2.60. The molecule has 6 nitrogen and oxygen atoms in total. The van der Waals surface area contributed by atoms with E-state index in [1.54, 1.807) is 17.9 Å². The molecule has 0 aliphatic carbocycles. The number of furan rings is 1. The molecule has 132 valence electrons. The molecule has 0 unspecified atom stereocenters. The summed E-state index contributed by atoms with van der Waals surface area (Å²) in [6.45, 7) is 6.00. The average molecular weight is 341 g/mol. The first-order valence-corrected chi connectivity index (χ1v) is 8.33. The summed E-state index contributed by atoms with van der Waals surface area (Å²) in [7, 11) is 1.74. The predicted molar refractivity (Wildman–Crippen MR) is 94.8 cm³/mol. The molecule has 1 amide bonds. The summed E-state index contributed by atoms with van der Waals surface area (Å²) >= 11 is 0. The van der Waals surface area contributed by atoms with Gasteiger partial charge in [-0.2, -0.15) is 5.10 Å². The molecule has 2 aromatic heterocycles. The van der Waals surface area contributed by atoms with Crippen molar-refractivity contribution in [3.63, 3.8) is 0 Å². The van der Waals surface area contributed by atoms with Gasteiger partial charge in [0, 0.05) is 29.8 Å². The van der Waals surface area contributed by atoms with Crippen molar-refractivity contribution < 1.29 is 14.3 Å². The predicted octanol–water partition coefficient (Wildman–Crippen LogP) is 3.02. The number of hydrogen-bond donors (Lipinski definition) is 2. The number of aryl methyl sites for hydroxylation is 2. The van der Waals surface area contributed by atoms with Crippen molar-refractivity contribution in [2.24, 2.45) is 13.0 Å². The summed E-state index contributed by atoms with van der Waals surface area (Å²) in [5, 5.41) is 18.2. The van der Waals surface area contributed by atoms with Gasteiger partial charge >= 0.3 is 0 Å². The maximum atomic E-state index is 12.5. The van der Waals surface area contributed by atoms with Gasteiger partial charge in [0.1, 0.15) is 11.3 Å². The molecule has 0 aliphatic heterocycles. The van der Waals surface area contributed by atoms with E-state index >= 15 is 0 Å². The minimum Gasteiger partial charge on any atom is -0.459 e. The van der Waals surface area contributed by atoms with Gasteiger partial charge in [0.05, 0.1) is 12.2 Å². The molecule has 0 fully saturated rings. The number of aliphatic hydroxyl groups is 1. The average Bonchev–Trinajstić information content (AvgIpc) is 3.16. The minimum atomic E-state index is -1.26. The molecule has 3 rings (SSSR count). The number of para-hydroxylation sites is 1. The zero-order chi connectivity index (χ0) is 18.1. The van der Waals surface area contributed by atoms with Crippen LogP contribution in [0.3, 0.4) is 0 Å². The smallest absolute Gasteiger partial charge is 0.254 e.